The average Bonchev–Trinajstić information content (AvgIpc) is 2.62. The van der Waals surface area contributed by atoms with E-state index in [0.29, 0.717) is 5.56 Å². The number of alkyl halides is 1. The lowest BCUT2D eigenvalue weighted by Gasteiger charge is -2.36. The molecule has 0 aromatic heterocycles. The Balaban J connectivity index is 2.08. The van der Waals surface area contributed by atoms with Crippen molar-refractivity contribution in [1.29, 1.82) is 0 Å². The monoisotopic (exact) mass is 352 g/mol. The third-order valence-corrected chi connectivity index (χ3v) is 4.40. The van der Waals surface area contributed by atoms with Gasteiger partial charge in [-0.05, 0) is 5.56 Å². The van der Waals surface area contributed by atoms with Crippen molar-refractivity contribution < 1.29 is 29.0 Å². The number of nitrogens with one attached hydrogen (secondary N) is 1. The molecule has 1 aliphatic rings. The van der Waals surface area contributed by atoms with Gasteiger partial charge in [-0.3, -0.25) is 4.79 Å². The summed E-state index contributed by atoms with van der Waals surface area (Å²) in [6, 6.07) is 7.84. The number of nitrogens with zero attached hydrogens (tertiary/aromatic N) is 1. The fraction of sp³-hybridized carbons (Fsp3) is 0.471. The third-order valence-electron chi connectivity index (χ3n) is 4.40. The Hall–Kier alpha value is -2.48. The van der Waals surface area contributed by atoms with Gasteiger partial charge >= 0.3 is 6.09 Å². The zero-order valence-electron chi connectivity index (χ0n) is 13.6. The van der Waals surface area contributed by atoms with Crippen LogP contribution in [0.1, 0.15) is 30.9 Å². The summed E-state index contributed by atoms with van der Waals surface area (Å²) < 4.78 is 13.5. The van der Waals surface area contributed by atoms with E-state index in [-0.39, 0.29) is 38.6 Å². The molecule has 25 heavy (non-hydrogen) atoms. The number of hydrogen-bond donors (Lipinski definition) is 3. The maximum absolute atomic E-state index is 13.5. The fourth-order valence-electron chi connectivity index (χ4n) is 2.83. The topological polar surface area (TPSA) is 107 Å². The van der Waals surface area contributed by atoms with Crippen molar-refractivity contribution in [3.63, 3.8) is 0 Å². The molecule has 1 saturated heterocycles. The van der Waals surface area contributed by atoms with E-state index in [4.69, 9.17) is 5.11 Å². The molecule has 3 N–H and O–H groups in total. The second kappa shape index (κ2) is 8.06. The van der Waals surface area contributed by atoms with Gasteiger partial charge in [-0.1, -0.05) is 30.3 Å². The van der Waals surface area contributed by atoms with Crippen LogP contribution in [-0.4, -0.2) is 58.3 Å². The number of carbonyl (C=O) groups excluding carboxylic acids is 2. The number of benzene rings is 1. The molecule has 0 saturated carbocycles. The minimum atomic E-state index is -1.74. The summed E-state index contributed by atoms with van der Waals surface area (Å²) in [7, 11) is 0. The molecular weight excluding hydrogens is 331 g/mol. The van der Waals surface area contributed by atoms with Gasteiger partial charge in [-0.25, -0.2) is 9.18 Å². The zero-order chi connectivity index (χ0) is 18.4. The number of hydrogen-bond acceptors (Lipinski definition) is 4. The van der Waals surface area contributed by atoms with Gasteiger partial charge in [0.15, 0.2) is 12.5 Å². The summed E-state index contributed by atoms with van der Waals surface area (Å²) in [5, 5.41) is 22.1. The summed E-state index contributed by atoms with van der Waals surface area (Å²) in [6.07, 6.45) is -3.00. The second-order valence-electron chi connectivity index (χ2n) is 6.13. The summed E-state index contributed by atoms with van der Waals surface area (Å²) in [6.45, 7) is 0.0741. The molecule has 0 bridgehead atoms. The van der Waals surface area contributed by atoms with Crippen molar-refractivity contribution in [3.8, 4) is 0 Å². The quantitative estimate of drug-likeness (QED) is 0.669. The van der Waals surface area contributed by atoms with E-state index in [1.165, 1.54) is 0 Å². The van der Waals surface area contributed by atoms with E-state index in [9.17, 15) is 23.9 Å². The summed E-state index contributed by atoms with van der Waals surface area (Å²) in [5.74, 6) is -0.690. The number of carboxylic acid groups (broad SMARTS) is 1. The summed E-state index contributed by atoms with van der Waals surface area (Å²) in [5.41, 5.74) is -1.10. The van der Waals surface area contributed by atoms with Crippen LogP contribution in [0.4, 0.5) is 9.18 Å². The molecule has 0 radical (unpaired) electrons. The normalized spacial score (nSPS) is 18.9. The minimum Gasteiger partial charge on any atom is -0.465 e. The lowest BCUT2D eigenvalue weighted by Crippen LogP contribution is -2.55. The molecule has 1 heterocycles. The number of carbonyl (C=O) groups is 3. The largest absolute Gasteiger partial charge is 0.465 e. The van der Waals surface area contributed by atoms with Crippen molar-refractivity contribution in [2.45, 2.75) is 37.1 Å². The highest BCUT2D eigenvalue weighted by molar-refractivity contribution is 5.85. The van der Waals surface area contributed by atoms with Gasteiger partial charge in [0.05, 0.1) is 6.04 Å². The first-order valence-corrected chi connectivity index (χ1v) is 8.01. The highest BCUT2D eigenvalue weighted by atomic mass is 19.1. The highest BCUT2D eigenvalue weighted by Gasteiger charge is 2.41. The lowest BCUT2D eigenvalue weighted by atomic mass is 9.89. The Labute approximate surface area is 144 Å². The Morgan fingerprint density at radius 1 is 1.28 bits per heavy atom. The first kappa shape index (κ1) is 18.9. The molecule has 1 aliphatic heterocycles. The zero-order valence-corrected chi connectivity index (χ0v) is 13.6. The van der Waals surface area contributed by atoms with E-state index in [1.807, 2.05) is 0 Å². The summed E-state index contributed by atoms with van der Waals surface area (Å²) in [4.78, 5) is 35.2. The van der Waals surface area contributed by atoms with Gasteiger partial charge < -0.3 is 25.2 Å². The molecule has 0 aliphatic carbocycles. The smallest absolute Gasteiger partial charge is 0.407 e. The molecular formula is C17H21FN2O5. The number of likely N-dealkylation sites (tertiary alicyclic amines) is 1. The van der Waals surface area contributed by atoms with Crippen LogP contribution in [-0.2, 0) is 9.59 Å². The van der Waals surface area contributed by atoms with E-state index in [0.717, 1.165) is 4.90 Å². The van der Waals surface area contributed by atoms with Gasteiger partial charge in [0.2, 0.25) is 0 Å². The van der Waals surface area contributed by atoms with Crippen LogP contribution < -0.4 is 5.32 Å². The van der Waals surface area contributed by atoms with Crippen LogP contribution in [0.3, 0.4) is 0 Å². The van der Waals surface area contributed by atoms with Crippen molar-refractivity contribution in [3.05, 3.63) is 35.9 Å². The van der Waals surface area contributed by atoms with Gasteiger partial charge in [-0.15, -0.1) is 0 Å². The Kier molecular flexibility index (Phi) is 6.08. The van der Waals surface area contributed by atoms with Crippen molar-refractivity contribution in [1.82, 2.24) is 10.2 Å². The van der Waals surface area contributed by atoms with Crippen LogP contribution in [0.25, 0.3) is 0 Å². The third kappa shape index (κ3) is 4.76. The van der Waals surface area contributed by atoms with Crippen LogP contribution >= 0.6 is 0 Å². The van der Waals surface area contributed by atoms with E-state index >= 15 is 0 Å². The summed E-state index contributed by atoms with van der Waals surface area (Å²) >= 11 is 0. The van der Waals surface area contributed by atoms with Crippen LogP contribution in [0, 0.1) is 0 Å². The molecule has 136 valence electrons. The molecule has 7 nitrogen and oxygen atoms in total. The lowest BCUT2D eigenvalue weighted by molar-refractivity contribution is -0.145. The standard InChI is InChI=1S/C17H21FN2O5/c18-13(11-21)10-14(12-4-2-1-3-5-12)19-15(22)17(25)6-8-20(9-7-17)16(23)24/h1-5,11,13-14,25H,6-10H2,(H,19,22)(H,23,24). The number of aliphatic hydroxyl groups is 1. The van der Waals surface area contributed by atoms with Crippen LogP contribution in [0.15, 0.2) is 30.3 Å². The molecule has 1 aromatic carbocycles. The maximum atomic E-state index is 13.5. The molecule has 2 amide bonds. The number of amides is 2. The Morgan fingerprint density at radius 2 is 1.88 bits per heavy atom. The minimum absolute atomic E-state index is 0.0370. The van der Waals surface area contributed by atoms with Crippen molar-refractivity contribution in [2.75, 3.05) is 13.1 Å². The molecule has 2 unspecified atom stereocenters. The average molecular weight is 352 g/mol. The SMILES string of the molecule is O=CC(F)CC(NC(=O)C1(O)CCN(C(=O)O)CC1)c1ccccc1. The molecule has 1 aromatic rings. The van der Waals surface area contributed by atoms with Crippen LogP contribution in [0.2, 0.25) is 0 Å². The highest BCUT2D eigenvalue weighted by Crippen LogP contribution is 2.26. The Bertz CT molecular complexity index is 617. The van der Waals surface area contributed by atoms with Crippen LogP contribution in [0.5, 0.6) is 0 Å². The van der Waals surface area contributed by atoms with E-state index in [2.05, 4.69) is 5.32 Å². The molecule has 2 atom stereocenters. The molecule has 1 fully saturated rings. The molecule has 0 spiro atoms. The first-order chi connectivity index (χ1) is 11.9. The number of halogens is 1. The van der Waals surface area contributed by atoms with E-state index < -0.39 is 29.8 Å². The van der Waals surface area contributed by atoms with Gasteiger partial charge in [0.25, 0.3) is 5.91 Å². The molecule has 2 rings (SSSR count). The maximum Gasteiger partial charge on any atom is 0.407 e. The van der Waals surface area contributed by atoms with Gasteiger partial charge in [-0.2, -0.15) is 0 Å². The first-order valence-electron chi connectivity index (χ1n) is 8.01. The van der Waals surface area contributed by atoms with E-state index in [1.54, 1.807) is 30.3 Å². The predicted molar refractivity (Wildman–Crippen MR) is 86.7 cm³/mol. The second-order valence-corrected chi connectivity index (χ2v) is 6.13. The van der Waals surface area contributed by atoms with Crippen molar-refractivity contribution >= 4 is 18.3 Å². The molecule has 8 heteroatoms. The number of aldehydes is 1. The number of rotatable bonds is 6. The Morgan fingerprint density at radius 3 is 2.40 bits per heavy atom. The number of piperidine rings is 1. The van der Waals surface area contributed by atoms with Gasteiger partial charge in [0, 0.05) is 32.4 Å². The fourth-order valence-corrected chi connectivity index (χ4v) is 2.83. The van der Waals surface area contributed by atoms with Crippen molar-refractivity contribution in [2.24, 2.45) is 0 Å². The predicted octanol–water partition coefficient (Wildman–Crippen LogP) is 1.28. The van der Waals surface area contributed by atoms with Gasteiger partial charge in [0.1, 0.15) is 5.60 Å².